The monoisotopic (exact) mass is 382 g/mol. The fourth-order valence-electron chi connectivity index (χ4n) is 3.46. The third-order valence-electron chi connectivity index (χ3n) is 4.78. The molecule has 0 radical (unpaired) electrons. The number of methoxy groups -OCH3 is 1. The van der Waals surface area contributed by atoms with Gasteiger partial charge in [-0.15, -0.1) is 24.8 Å². The highest BCUT2D eigenvalue weighted by atomic mass is 35.5. The molecule has 1 aromatic rings. The number of piperazine rings is 1. The van der Waals surface area contributed by atoms with E-state index in [-0.39, 0.29) is 36.6 Å². The Morgan fingerprint density at radius 1 is 1.26 bits per heavy atom. The minimum Gasteiger partial charge on any atom is -0.506 e. The van der Waals surface area contributed by atoms with Crippen molar-refractivity contribution in [1.82, 2.24) is 10.2 Å². The van der Waals surface area contributed by atoms with Crippen LogP contribution in [0.15, 0.2) is 12.1 Å². The van der Waals surface area contributed by atoms with E-state index in [1.807, 2.05) is 6.07 Å². The molecule has 1 saturated carbocycles. The Bertz CT molecular complexity index is 506. The minimum atomic E-state index is 0. The summed E-state index contributed by atoms with van der Waals surface area (Å²) in [5, 5.41) is 14.3. The molecule has 2 fully saturated rings. The number of nitrogens with one attached hydrogen (secondary N) is 1. The summed E-state index contributed by atoms with van der Waals surface area (Å²) in [7, 11) is 1.65. The molecule has 1 aliphatic heterocycles. The molecule has 1 aliphatic carbocycles. The molecular weight excluding hydrogens is 359 g/mol. The maximum Gasteiger partial charge on any atom is 0.142 e. The van der Waals surface area contributed by atoms with Gasteiger partial charge in [0.25, 0.3) is 0 Å². The highest BCUT2D eigenvalue weighted by molar-refractivity contribution is 6.32. The Balaban J connectivity index is 0.00000132. The van der Waals surface area contributed by atoms with E-state index in [2.05, 4.69) is 10.2 Å². The van der Waals surface area contributed by atoms with Crippen molar-refractivity contribution in [2.24, 2.45) is 5.92 Å². The Kier molecular flexibility index (Phi) is 8.25. The van der Waals surface area contributed by atoms with Crippen LogP contribution in [-0.2, 0) is 0 Å². The summed E-state index contributed by atoms with van der Waals surface area (Å²) in [5.41, 5.74) is 0.872. The van der Waals surface area contributed by atoms with E-state index in [1.54, 1.807) is 13.2 Å². The van der Waals surface area contributed by atoms with Gasteiger partial charge in [0.05, 0.1) is 17.7 Å². The molecule has 132 valence electrons. The van der Waals surface area contributed by atoms with Gasteiger partial charge in [0.15, 0.2) is 0 Å². The summed E-state index contributed by atoms with van der Waals surface area (Å²) in [4.78, 5) is 2.47. The molecule has 1 atom stereocenters. The fraction of sp³-hybridized carbons (Fsp3) is 0.625. The first-order chi connectivity index (χ1) is 10.2. The summed E-state index contributed by atoms with van der Waals surface area (Å²) in [6, 6.07) is 3.77. The Labute approximate surface area is 155 Å². The van der Waals surface area contributed by atoms with Gasteiger partial charge >= 0.3 is 0 Å². The van der Waals surface area contributed by atoms with E-state index in [0.717, 1.165) is 37.5 Å². The number of halogens is 3. The number of hydrogen-bond donors (Lipinski definition) is 2. The second-order valence-electron chi connectivity index (χ2n) is 5.93. The summed E-state index contributed by atoms with van der Waals surface area (Å²) < 4.78 is 5.51. The van der Waals surface area contributed by atoms with Gasteiger partial charge in [0, 0.05) is 32.2 Å². The molecule has 3 rings (SSSR count). The first kappa shape index (κ1) is 20.7. The van der Waals surface area contributed by atoms with Gasteiger partial charge in [-0.3, -0.25) is 4.90 Å². The summed E-state index contributed by atoms with van der Waals surface area (Å²) >= 11 is 6.16. The minimum absolute atomic E-state index is 0. The number of phenols is 1. The molecular formula is C16H25Cl3N2O2. The number of nitrogens with zero attached hydrogens (tertiary/aromatic N) is 1. The maximum atomic E-state index is 10.5. The molecule has 0 amide bonds. The Hall–Kier alpha value is -0.390. The number of hydrogen-bond acceptors (Lipinski definition) is 4. The molecule has 7 heteroatoms. The molecule has 23 heavy (non-hydrogen) atoms. The van der Waals surface area contributed by atoms with Crippen LogP contribution >= 0.6 is 36.4 Å². The van der Waals surface area contributed by atoms with Crippen LogP contribution < -0.4 is 10.1 Å². The quantitative estimate of drug-likeness (QED) is 0.833. The number of phenolic OH excluding ortho intramolecular Hbond substituents is 1. The van der Waals surface area contributed by atoms with E-state index >= 15 is 0 Å². The van der Waals surface area contributed by atoms with Gasteiger partial charge in [-0.25, -0.2) is 0 Å². The lowest BCUT2D eigenvalue weighted by atomic mass is 9.75. The SMILES string of the molecule is COc1ccc(Cl)c(O)c1[C@@H](C1CCC1)N1CCNCC1.Cl.Cl. The van der Waals surface area contributed by atoms with Gasteiger partial charge in [-0.05, 0) is 30.9 Å². The highest BCUT2D eigenvalue weighted by Crippen LogP contribution is 2.49. The average Bonchev–Trinajstić information content (AvgIpc) is 2.47. The Morgan fingerprint density at radius 2 is 1.91 bits per heavy atom. The summed E-state index contributed by atoms with van der Waals surface area (Å²) in [6.45, 7) is 3.98. The smallest absolute Gasteiger partial charge is 0.142 e. The van der Waals surface area contributed by atoms with Crippen LogP contribution in [0.25, 0.3) is 0 Å². The first-order valence-electron chi connectivity index (χ1n) is 7.72. The highest BCUT2D eigenvalue weighted by Gasteiger charge is 2.37. The zero-order valence-electron chi connectivity index (χ0n) is 13.3. The van der Waals surface area contributed by atoms with Crippen LogP contribution in [0.4, 0.5) is 0 Å². The number of benzene rings is 1. The van der Waals surface area contributed by atoms with Crippen molar-refractivity contribution in [3.05, 3.63) is 22.7 Å². The molecule has 0 spiro atoms. The van der Waals surface area contributed by atoms with Gasteiger partial charge in [-0.1, -0.05) is 18.0 Å². The van der Waals surface area contributed by atoms with Gasteiger partial charge in [-0.2, -0.15) is 0 Å². The van der Waals surface area contributed by atoms with E-state index in [0.29, 0.717) is 10.9 Å². The molecule has 2 aliphatic rings. The third-order valence-corrected chi connectivity index (χ3v) is 5.09. The maximum absolute atomic E-state index is 10.5. The molecule has 4 nitrogen and oxygen atoms in total. The lowest BCUT2D eigenvalue weighted by Crippen LogP contribution is -2.48. The second-order valence-corrected chi connectivity index (χ2v) is 6.34. The molecule has 0 unspecified atom stereocenters. The van der Waals surface area contributed by atoms with E-state index in [9.17, 15) is 5.11 Å². The topological polar surface area (TPSA) is 44.7 Å². The molecule has 0 aromatic heterocycles. The Morgan fingerprint density at radius 3 is 2.43 bits per heavy atom. The number of ether oxygens (including phenoxy) is 1. The molecule has 2 N–H and O–H groups in total. The zero-order valence-corrected chi connectivity index (χ0v) is 15.6. The van der Waals surface area contributed by atoms with Crippen LogP contribution in [0.3, 0.4) is 0 Å². The first-order valence-corrected chi connectivity index (χ1v) is 8.10. The van der Waals surface area contributed by atoms with Gasteiger partial charge in [0.1, 0.15) is 11.5 Å². The van der Waals surface area contributed by atoms with Gasteiger partial charge in [0.2, 0.25) is 0 Å². The molecule has 1 heterocycles. The van der Waals surface area contributed by atoms with Crippen LogP contribution in [0, 0.1) is 5.92 Å². The summed E-state index contributed by atoms with van der Waals surface area (Å²) in [6.07, 6.45) is 3.70. The largest absolute Gasteiger partial charge is 0.506 e. The van der Waals surface area contributed by atoms with Crippen molar-refractivity contribution in [2.75, 3.05) is 33.3 Å². The van der Waals surface area contributed by atoms with Crippen LogP contribution in [0.5, 0.6) is 11.5 Å². The lowest BCUT2D eigenvalue weighted by molar-refractivity contribution is 0.0800. The second kappa shape index (κ2) is 9.19. The predicted octanol–water partition coefficient (Wildman–Crippen LogP) is 3.64. The third kappa shape index (κ3) is 4.18. The predicted molar refractivity (Wildman–Crippen MR) is 98.7 cm³/mol. The van der Waals surface area contributed by atoms with Crippen LogP contribution in [0.1, 0.15) is 30.9 Å². The fourth-order valence-corrected chi connectivity index (χ4v) is 3.62. The van der Waals surface area contributed by atoms with Crippen molar-refractivity contribution >= 4 is 36.4 Å². The van der Waals surface area contributed by atoms with Gasteiger partial charge < -0.3 is 15.2 Å². The number of rotatable bonds is 4. The molecule has 1 saturated heterocycles. The van der Waals surface area contributed by atoms with Crippen LogP contribution in [0.2, 0.25) is 5.02 Å². The zero-order chi connectivity index (χ0) is 14.8. The normalized spacial score (nSPS) is 19.9. The van der Waals surface area contributed by atoms with E-state index < -0.39 is 0 Å². The average molecular weight is 384 g/mol. The molecule has 0 bridgehead atoms. The number of aromatic hydroxyl groups is 1. The molecule has 1 aromatic carbocycles. The standard InChI is InChI=1S/C16H23ClN2O2.2ClH/c1-21-13-6-5-12(17)16(20)14(13)15(11-3-2-4-11)19-9-7-18-8-10-19;;/h5-6,11,15,18,20H,2-4,7-10H2,1H3;2*1H/t15-;;/m1../s1. The van der Waals surface area contributed by atoms with Crippen molar-refractivity contribution in [1.29, 1.82) is 0 Å². The van der Waals surface area contributed by atoms with Crippen LogP contribution in [-0.4, -0.2) is 43.3 Å². The van der Waals surface area contributed by atoms with E-state index in [1.165, 1.54) is 19.3 Å². The summed E-state index contributed by atoms with van der Waals surface area (Å²) in [5.74, 6) is 1.51. The van der Waals surface area contributed by atoms with Crippen molar-refractivity contribution in [2.45, 2.75) is 25.3 Å². The van der Waals surface area contributed by atoms with Crippen molar-refractivity contribution in [3.8, 4) is 11.5 Å². The van der Waals surface area contributed by atoms with Crippen molar-refractivity contribution < 1.29 is 9.84 Å². The van der Waals surface area contributed by atoms with E-state index in [4.69, 9.17) is 16.3 Å². The van der Waals surface area contributed by atoms with Crippen molar-refractivity contribution in [3.63, 3.8) is 0 Å². The lowest BCUT2D eigenvalue weighted by Gasteiger charge is -2.43.